The van der Waals surface area contributed by atoms with E-state index in [4.69, 9.17) is 20.0 Å². The fraction of sp³-hybridized carbons (Fsp3) is 0.500. The van der Waals surface area contributed by atoms with Crippen LogP contribution in [0, 0.1) is 5.41 Å². The lowest BCUT2D eigenvalue weighted by Gasteiger charge is -2.49. The van der Waals surface area contributed by atoms with Crippen LogP contribution in [-0.4, -0.2) is 70.4 Å². The predicted molar refractivity (Wildman–Crippen MR) is 132 cm³/mol. The molecule has 192 valence electrons. The van der Waals surface area contributed by atoms with Crippen molar-refractivity contribution < 1.29 is 33.5 Å². The molecular formula is C20H26ClN5O7S2. The van der Waals surface area contributed by atoms with E-state index in [1.807, 2.05) is 0 Å². The molecule has 3 heterocycles. The molecule has 2 aliphatic rings. The van der Waals surface area contributed by atoms with Gasteiger partial charge in [-0.25, -0.2) is 9.78 Å². The number of aromatic nitrogens is 1. The SMILES string of the molecule is CON=C(C(=O)N[C@@H]1C(=O)N2C(C(=O)OCOC(=O)C(C)(C)C)=C(C)CS[C@@H]12)c1csc(N)n1.Cl. The minimum absolute atomic E-state index is 0. The van der Waals surface area contributed by atoms with Gasteiger partial charge in [0.25, 0.3) is 11.8 Å². The van der Waals surface area contributed by atoms with Gasteiger partial charge in [-0.1, -0.05) is 5.16 Å². The molecule has 2 amide bonds. The number of anilines is 1. The summed E-state index contributed by atoms with van der Waals surface area (Å²) in [6.07, 6.45) is 0. The van der Waals surface area contributed by atoms with Gasteiger partial charge in [0.2, 0.25) is 6.79 Å². The van der Waals surface area contributed by atoms with Crippen molar-refractivity contribution in [3.8, 4) is 0 Å². The third kappa shape index (κ3) is 6.05. The van der Waals surface area contributed by atoms with Crippen LogP contribution in [0.4, 0.5) is 5.13 Å². The zero-order chi connectivity index (χ0) is 25.2. The summed E-state index contributed by atoms with van der Waals surface area (Å²) in [5.41, 5.74) is 5.67. The number of nitrogens with zero attached hydrogens (tertiary/aromatic N) is 3. The van der Waals surface area contributed by atoms with Crippen molar-refractivity contribution in [3.63, 3.8) is 0 Å². The first-order chi connectivity index (χ1) is 16.0. The summed E-state index contributed by atoms with van der Waals surface area (Å²) >= 11 is 2.52. The predicted octanol–water partition coefficient (Wildman–Crippen LogP) is 1.26. The summed E-state index contributed by atoms with van der Waals surface area (Å²) in [7, 11) is 1.28. The molecule has 3 rings (SSSR count). The number of rotatable bonds is 7. The summed E-state index contributed by atoms with van der Waals surface area (Å²) in [6.45, 7) is 6.15. The smallest absolute Gasteiger partial charge is 0.357 e. The van der Waals surface area contributed by atoms with Crippen molar-refractivity contribution in [3.05, 3.63) is 22.3 Å². The molecule has 1 aromatic rings. The van der Waals surface area contributed by atoms with Crippen LogP contribution in [0.5, 0.6) is 0 Å². The van der Waals surface area contributed by atoms with Gasteiger partial charge < -0.3 is 25.4 Å². The normalized spacial score (nSPS) is 19.7. The molecule has 0 spiro atoms. The molecule has 2 aliphatic heterocycles. The number of thioether (sulfide) groups is 1. The molecule has 0 aliphatic carbocycles. The maximum atomic E-state index is 12.9. The van der Waals surface area contributed by atoms with Crippen LogP contribution in [-0.2, 0) is 33.5 Å². The number of carbonyl (C=O) groups is 4. The quantitative estimate of drug-likeness (QED) is 0.167. The fourth-order valence-corrected chi connectivity index (χ4v) is 4.93. The first-order valence-corrected chi connectivity index (χ1v) is 12.0. The van der Waals surface area contributed by atoms with E-state index in [0.717, 1.165) is 11.3 Å². The van der Waals surface area contributed by atoms with Crippen molar-refractivity contribution in [2.75, 3.05) is 25.4 Å². The lowest BCUT2D eigenvalue weighted by Crippen LogP contribution is -2.71. The average molecular weight is 548 g/mol. The Morgan fingerprint density at radius 3 is 2.57 bits per heavy atom. The zero-order valence-corrected chi connectivity index (χ0v) is 22.1. The van der Waals surface area contributed by atoms with Crippen molar-refractivity contribution >= 4 is 70.1 Å². The Bertz CT molecular complexity index is 1080. The highest BCUT2D eigenvalue weighted by Crippen LogP contribution is 2.40. The molecule has 15 heteroatoms. The molecule has 35 heavy (non-hydrogen) atoms. The molecule has 0 radical (unpaired) electrons. The Balaban J connectivity index is 0.00000432. The molecule has 0 bridgehead atoms. The number of halogens is 1. The van der Waals surface area contributed by atoms with E-state index in [0.29, 0.717) is 11.3 Å². The number of nitrogens with two attached hydrogens (primary N) is 1. The first-order valence-electron chi connectivity index (χ1n) is 10.1. The molecule has 0 aromatic carbocycles. The second-order valence-electron chi connectivity index (χ2n) is 8.41. The van der Waals surface area contributed by atoms with Crippen LogP contribution in [0.2, 0.25) is 0 Å². The van der Waals surface area contributed by atoms with Gasteiger partial charge in [0.15, 0.2) is 10.8 Å². The number of hydrogen-bond donors (Lipinski definition) is 2. The van der Waals surface area contributed by atoms with Crippen molar-refractivity contribution in [1.82, 2.24) is 15.2 Å². The lowest BCUT2D eigenvalue weighted by molar-refractivity contribution is -0.173. The summed E-state index contributed by atoms with van der Waals surface area (Å²) < 4.78 is 10.0. The second-order valence-corrected chi connectivity index (χ2v) is 10.4. The minimum atomic E-state index is -0.898. The van der Waals surface area contributed by atoms with Gasteiger partial charge in [0.1, 0.15) is 29.9 Å². The van der Waals surface area contributed by atoms with E-state index in [9.17, 15) is 19.2 Å². The van der Waals surface area contributed by atoms with Gasteiger partial charge in [-0.2, -0.15) is 0 Å². The van der Waals surface area contributed by atoms with Crippen LogP contribution in [0.1, 0.15) is 33.4 Å². The van der Waals surface area contributed by atoms with Gasteiger partial charge in [-0.05, 0) is 33.3 Å². The third-order valence-electron chi connectivity index (χ3n) is 4.79. The Morgan fingerprint density at radius 2 is 2.00 bits per heavy atom. The highest BCUT2D eigenvalue weighted by Gasteiger charge is 2.54. The molecule has 1 saturated heterocycles. The molecule has 0 saturated carbocycles. The Labute approximate surface area is 216 Å². The highest BCUT2D eigenvalue weighted by atomic mass is 35.5. The number of ether oxygens (including phenoxy) is 2. The lowest BCUT2D eigenvalue weighted by atomic mass is 9.98. The fourth-order valence-electron chi connectivity index (χ4n) is 3.09. The highest BCUT2D eigenvalue weighted by molar-refractivity contribution is 8.00. The average Bonchev–Trinajstić information content (AvgIpc) is 3.20. The summed E-state index contributed by atoms with van der Waals surface area (Å²) in [4.78, 5) is 60.3. The number of hydrogen-bond acceptors (Lipinski definition) is 12. The van der Waals surface area contributed by atoms with Crippen LogP contribution in [0.25, 0.3) is 0 Å². The summed E-state index contributed by atoms with van der Waals surface area (Å²) in [5.74, 6) is -2.04. The molecule has 1 aromatic heterocycles. The van der Waals surface area contributed by atoms with E-state index in [2.05, 4.69) is 15.5 Å². The number of oxime groups is 1. The monoisotopic (exact) mass is 547 g/mol. The van der Waals surface area contributed by atoms with Crippen LogP contribution in [0.15, 0.2) is 21.8 Å². The Hall–Kier alpha value is -2.84. The number of nitrogens with one attached hydrogen (secondary N) is 1. The van der Waals surface area contributed by atoms with E-state index < -0.39 is 47.4 Å². The summed E-state index contributed by atoms with van der Waals surface area (Å²) in [6, 6.07) is -0.898. The molecular weight excluding hydrogens is 522 g/mol. The standard InChI is InChI=1S/C20H25N5O7S2.ClH/c1-9-6-33-16-12(23-14(26)11(24-30-5)10-7-34-19(21)22-10)15(27)25(16)13(9)17(28)31-8-32-18(29)20(2,3)4;/h7,12,16H,6,8H2,1-5H3,(H2,21,22)(H,23,26);1H/t12-,16+;/m1./s1. The molecule has 3 N–H and O–H groups in total. The van der Waals surface area contributed by atoms with Gasteiger partial charge in [-0.15, -0.1) is 35.5 Å². The molecule has 12 nitrogen and oxygen atoms in total. The van der Waals surface area contributed by atoms with Crippen molar-refractivity contribution in [1.29, 1.82) is 0 Å². The molecule has 1 fully saturated rings. The van der Waals surface area contributed by atoms with Crippen molar-refractivity contribution in [2.45, 2.75) is 39.1 Å². The van der Waals surface area contributed by atoms with Crippen LogP contribution in [0.3, 0.4) is 0 Å². The van der Waals surface area contributed by atoms with E-state index in [-0.39, 0.29) is 34.6 Å². The molecule has 0 unspecified atom stereocenters. The van der Waals surface area contributed by atoms with E-state index in [1.54, 1.807) is 33.1 Å². The number of carbonyl (C=O) groups excluding carboxylic acids is 4. The van der Waals surface area contributed by atoms with Gasteiger partial charge >= 0.3 is 11.9 Å². The number of thiazole rings is 1. The maximum absolute atomic E-state index is 12.9. The number of β-lactam (4-membered cyclic amide) rings is 1. The van der Waals surface area contributed by atoms with Gasteiger partial charge in [0.05, 0.1) is 5.41 Å². The Kier molecular flexibility index (Phi) is 9.14. The van der Waals surface area contributed by atoms with Crippen molar-refractivity contribution in [2.24, 2.45) is 10.6 Å². The summed E-state index contributed by atoms with van der Waals surface area (Å²) in [5, 5.41) is 7.60. The topological polar surface area (TPSA) is 163 Å². The third-order valence-corrected chi connectivity index (χ3v) is 6.89. The van der Waals surface area contributed by atoms with Crippen LogP contribution >= 0.6 is 35.5 Å². The van der Waals surface area contributed by atoms with Crippen LogP contribution < -0.4 is 11.1 Å². The minimum Gasteiger partial charge on any atom is -0.427 e. The number of fused-ring (bicyclic) bond motifs is 1. The van der Waals surface area contributed by atoms with E-state index >= 15 is 0 Å². The number of nitrogen functional groups attached to an aromatic ring is 1. The second kappa shape index (κ2) is 11.3. The van der Waals surface area contributed by atoms with E-state index in [1.165, 1.54) is 23.8 Å². The van der Waals surface area contributed by atoms with Gasteiger partial charge in [0, 0.05) is 11.1 Å². The number of amides is 2. The Morgan fingerprint density at radius 1 is 1.31 bits per heavy atom. The molecule has 2 atom stereocenters. The van der Waals surface area contributed by atoms with Gasteiger partial charge in [-0.3, -0.25) is 19.3 Å². The maximum Gasteiger partial charge on any atom is 0.357 e. The first kappa shape index (κ1) is 28.4. The zero-order valence-electron chi connectivity index (χ0n) is 19.6. The largest absolute Gasteiger partial charge is 0.427 e. The number of esters is 2.